The summed E-state index contributed by atoms with van der Waals surface area (Å²) in [5, 5.41) is 8.63. The number of carbonyl (C=O) groups excluding carboxylic acids is 2. The zero-order chi connectivity index (χ0) is 20.1. The summed E-state index contributed by atoms with van der Waals surface area (Å²) >= 11 is 0. The Morgan fingerprint density at radius 3 is 2.15 bits per heavy atom. The minimum Gasteiger partial charge on any atom is -0.469 e. The molecule has 27 heavy (non-hydrogen) atoms. The predicted octanol–water partition coefficient (Wildman–Crippen LogP) is 1.33. The summed E-state index contributed by atoms with van der Waals surface area (Å²) in [6.07, 6.45) is -5.01. The molecule has 0 bridgehead atoms. The van der Waals surface area contributed by atoms with E-state index in [1.165, 1.54) is 0 Å². The molecule has 0 saturated carbocycles. The third kappa shape index (κ3) is 3.53. The highest BCUT2D eigenvalue weighted by atomic mass is 32.2. The van der Waals surface area contributed by atoms with Crippen LogP contribution in [0.4, 0.5) is 13.2 Å². The second-order valence-corrected chi connectivity index (χ2v) is 8.53. The molecule has 1 aromatic carbocycles. The topological polar surface area (TPSA) is 114 Å². The van der Waals surface area contributed by atoms with Crippen LogP contribution in [0.5, 0.6) is 0 Å². The lowest BCUT2D eigenvalue weighted by Crippen LogP contribution is -2.66. The normalized spacial score (nSPS) is 21.0. The van der Waals surface area contributed by atoms with Crippen LogP contribution in [0, 0.1) is 0 Å². The molecule has 1 amide bonds. The van der Waals surface area contributed by atoms with Gasteiger partial charge in [0.1, 0.15) is 0 Å². The number of carbonyl (C=O) groups is 2. The van der Waals surface area contributed by atoms with Crippen molar-refractivity contribution in [1.29, 1.82) is 0 Å². The summed E-state index contributed by atoms with van der Waals surface area (Å²) in [6, 6.07) is 4.46. The van der Waals surface area contributed by atoms with E-state index in [-0.39, 0.29) is 17.5 Å². The lowest BCUT2D eigenvalue weighted by Gasteiger charge is -2.40. The van der Waals surface area contributed by atoms with Crippen molar-refractivity contribution in [2.24, 2.45) is 10.2 Å². The summed E-state index contributed by atoms with van der Waals surface area (Å²) in [6.45, 7) is 0. The van der Waals surface area contributed by atoms with Gasteiger partial charge in [0.05, 0.1) is 30.6 Å². The van der Waals surface area contributed by atoms with Crippen molar-refractivity contribution in [2.45, 2.75) is 23.8 Å². The van der Waals surface area contributed by atoms with Crippen molar-refractivity contribution in [1.82, 2.24) is 5.32 Å². The van der Waals surface area contributed by atoms with Gasteiger partial charge in [0.25, 0.3) is 5.91 Å². The fourth-order valence-corrected chi connectivity index (χ4v) is 4.92. The van der Waals surface area contributed by atoms with Gasteiger partial charge in [-0.1, -0.05) is 12.1 Å². The number of hydrogen-bond donors (Lipinski definition) is 1. The van der Waals surface area contributed by atoms with Gasteiger partial charge < -0.3 is 10.1 Å². The second kappa shape index (κ2) is 6.01. The number of nitrogens with one attached hydrogen (secondary N) is 1. The third-order valence-electron chi connectivity index (χ3n) is 4.33. The highest BCUT2D eigenvalue weighted by molar-refractivity contribution is 7.93. The van der Waals surface area contributed by atoms with Crippen molar-refractivity contribution >= 4 is 21.7 Å². The smallest absolute Gasteiger partial charge is 0.442 e. The number of ether oxygens (including phenoxy) is 1. The standard InChI is InChI=1S/C15H14F3N3O5S/c1-26-11(22)6-13(7-27(24,25)8-13)19-12(23)9-2-4-10(5-3-9)14(20-21-14)15(16,17)18/h2-5H,6-8H2,1H3,(H,19,23). The highest BCUT2D eigenvalue weighted by Gasteiger charge is 2.65. The SMILES string of the molecule is COC(=O)CC1(NC(=O)c2ccc(C3(C(F)(F)F)N=N3)cc2)CS(=O)(=O)C1. The van der Waals surface area contributed by atoms with Crippen molar-refractivity contribution in [3.05, 3.63) is 35.4 Å². The van der Waals surface area contributed by atoms with Crippen molar-refractivity contribution in [2.75, 3.05) is 18.6 Å². The van der Waals surface area contributed by atoms with Crippen LogP contribution in [0.25, 0.3) is 0 Å². The molecular formula is C15H14F3N3O5S. The lowest BCUT2D eigenvalue weighted by molar-refractivity contribution is -0.166. The Hall–Kier alpha value is -2.50. The molecule has 0 aliphatic carbocycles. The minimum atomic E-state index is -4.68. The van der Waals surface area contributed by atoms with Crippen LogP contribution in [0.1, 0.15) is 22.3 Å². The molecule has 0 aromatic heterocycles. The first-order valence-electron chi connectivity index (χ1n) is 7.63. The first-order valence-corrected chi connectivity index (χ1v) is 9.45. The summed E-state index contributed by atoms with van der Waals surface area (Å²) < 4.78 is 66.5. The molecule has 1 aromatic rings. The van der Waals surface area contributed by atoms with E-state index >= 15 is 0 Å². The average Bonchev–Trinajstić information content (AvgIpc) is 3.34. The number of alkyl halides is 3. The molecule has 1 N–H and O–H groups in total. The van der Waals surface area contributed by atoms with Crippen LogP contribution in [0.2, 0.25) is 0 Å². The molecule has 146 valence electrons. The van der Waals surface area contributed by atoms with E-state index in [1.807, 2.05) is 0 Å². The fourth-order valence-electron chi connectivity index (χ4n) is 2.98. The molecule has 0 radical (unpaired) electrons. The van der Waals surface area contributed by atoms with Gasteiger partial charge in [0.15, 0.2) is 9.84 Å². The maximum atomic E-state index is 13.0. The molecule has 2 aliphatic rings. The monoisotopic (exact) mass is 405 g/mol. The molecular weight excluding hydrogens is 391 g/mol. The number of methoxy groups -OCH3 is 1. The molecule has 1 fully saturated rings. The molecule has 8 nitrogen and oxygen atoms in total. The molecule has 0 spiro atoms. The van der Waals surface area contributed by atoms with E-state index in [4.69, 9.17) is 0 Å². The summed E-state index contributed by atoms with van der Waals surface area (Å²) in [5.41, 5.74) is -4.11. The number of esters is 1. The zero-order valence-electron chi connectivity index (χ0n) is 13.9. The van der Waals surface area contributed by atoms with Gasteiger partial charge >= 0.3 is 17.8 Å². The number of sulfone groups is 1. The minimum absolute atomic E-state index is 0.00487. The van der Waals surface area contributed by atoms with E-state index in [9.17, 15) is 31.2 Å². The van der Waals surface area contributed by atoms with E-state index in [0.717, 1.165) is 31.4 Å². The molecule has 0 unspecified atom stereocenters. The van der Waals surface area contributed by atoms with Crippen molar-refractivity contribution in [3.8, 4) is 0 Å². The Kier molecular flexibility index (Phi) is 4.29. The van der Waals surface area contributed by atoms with Gasteiger partial charge in [0.2, 0.25) is 0 Å². The largest absolute Gasteiger partial charge is 0.469 e. The van der Waals surface area contributed by atoms with E-state index in [0.29, 0.717) is 0 Å². The van der Waals surface area contributed by atoms with Gasteiger partial charge in [-0.3, -0.25) is 9.59 Å². The van der Waals surface area contributed by atoms with E-state index in [2.05, 4.69) is 20.3 Å². The summed E-state index contributed by atoms with van der Waals surface area (Å²) in [4.78, 5) is 23.9. The van der Waals surface area contributed by atoms with Crippen LogP contribution in [0.3, 0.4) is 0 Å². The molecule has 0 atom stereocenters. The van der Waals surface area contributed by atoms with Crippen LogP contribution in [0.15, 0.2) is 34.5 Å². The zero-order valence-corrected chi connectivity index (χ0v) is 14.7. The fraction of sp³-hybridized carbons (Fsp3) is 0.467. The Morgan fingerprint density at radius 1 is 1.19 bits per heavy atom. The van der Waals surface area contributed by atoms with Crippen molar-refractivity contribution < 1.29 is 35.9 Å². The molecule has 12 heteroatoms. The summed E-state index contributed by atoms with van der Waals surface area (Å²) in [5.74, 6) is -2.25. The first-order chi connectivity index (χ1) is 12.4. The van der Waals surface area contributed by atoms with Gasteiger partial charge in [0, 0.05) is 11.1 Å². The number of benzene rings is 1. The number of amides is 1. The number of halogens is 3. The molecule has 2 aliphatic heterocycles. The van der Waals surface area contributed by atoms with Gasteiger partial charge in [-0.2, -0.15) is 13.2 Å². The molecule has 1 saturated heterocycles. The maximum Gasteiger partial charge on any atom is 0.442 e. The van der Waals surface area contributed by atoms with Gasteiger partial charge in [-0.15, -0.1) is 10.2 Å². The van der Waals surface area contributed by atoms with Gasteiger partial charge in [-0.25, -0.2) is 8.42 Å². The lowest BCUT2D eigenvalue weighted by atomic mass is 9.97. The quantitative estimate of drug-likeness (QED) is 0.743. The Labute approximate surface area is 151 Å². The first kappa shape index (κ1) is 19.3. The number of hydrogen-bond acceptors (Lipinski definition) is 7. The number of rotatable bonds is 5. The van der Waals surface area contributed by atoms with Gasteiger partial charge in [-0.05, 0) is 12.1 Å². The average molecular weight is 405 g/mol. The Bertz CT molecular complexity index is 907. The van der Waals surface area contributed by atoms with Crippen molar-refractivity contribution in [3.63, 3.8) is 0 Å². The van der Waals surface area contributed by atoms with Crippen LogP contribution >= 0.6 is 0 Å². The second-order valence-electron chi connectivity index (χ2n) is 6.47. The summed E-state index contributed by atoms with van der Waals surface area (Å²) in [7, 11) is -2.24. The molecule has 3 rings (SSSR count). The third-order valence-corrected chi connectivity index (χ3v) is 6.31. The van der Waals surface area contributed by atoms with Crippen LogP contribution < -0.4 is 5.32 Å². The maximum absolute atomic E-state index is 13.0. The highest BCUT2D eigenvalue weighted by Crippen LogP contribution is 2.52. The Balaban J connectivity index is 1.75. The molecule has 2 heterocycles. The number of nitrogens with zero attached hydrogens (tertiary/aromatic N) is 2. The predicted molar refractivity (Wildman–Crippen MR) is 84.5 cm³/mol. The van der Waals surface area contributed by atoms with E-state index < -0.39 is 50.6 Å². The van der Waals surface area contributed by atoms with Crippen LogP contribution in [-0.2, 0) is 25.0 Å². The Morgan fingerprint density at radius 2 is 1.74 bits per heavy atom. The van der Waals surface area contributed by atoms with Crippen LogP contribution in [-0.4, -0.2) is 50.6 Å². The van der Waals surface area contributed by atoms with E-state index in [1.54, 1.807) is 0 Å².